The van der Waals surface area contributed by atoms with Crippen LogP contribution in [0.15, 0.2) is 0 Å². The van der Waals surface area contributed by atoms with Gasteiger partial charge in [0.15, 0.2) is 0 Å². The Balaban J connectivity index is 3.57. The van der Waals surface area contributed by atoms with Crippen molar-refractivity contribution in [3.8, 4) is 0 Å². The summed E-state index contributed by atoms with van der Waals surface area (Å²) in [6.07, 6.45) is 1.09. The Morgan fingerprint density at radius 3 is 2.89 bits per heavy atom. The highest BCUT2D eigenvalue weighted by atomic mass is 16.3. The molecule has 0 aromatic carbocycles. The van der Waals surface area contributed by atoms with E-state index in [2.05, 4.69) is 5.32 Å². The van der Waals surface area contributed by atoms with Crippen LogP contribution in [-0.2, 0) is 0 Å². The Bertz CT molecular complexity index is 133. The molecule has 0 bridgehead atoms. The molecule has 0 heterocycles. The predicted molar refractivity (Wildman–Crippen MR) is 39.5 cm³/mol. The van der Waals surface area contributed by atoms with E-state index in [4.69, 9.17) is 4.11 Å². The van der Waals surface area contributed by atoms with Gasteiger partial charge >= 0.3 is 0 Å². The zero-order valence-electron chi connectivity index (χ0n) is 9.07. The minimum atomic E-state index is -2.09. The summed E-state index contributed by atoms with van der Waals surface area (Å²) in [6.45, 7) is 1.80. The molecule has 0 aliphatic heterocycles. The minimum Gasteiger partial charge on any atom is -0.390 e. The van der Waals surface area contributed by atoms with Crippen molar-refractivity contribution in [1.82, 2.24) is 5.32 Å². The predicted octanol–water partition coefficient (Wildman–Crippen LogP) is 0.757. The second kappa shape index (κ2) is 3.85. The number of nitrogens with one attached hydrogen (secondary N) is 1. The van der Waals surface area contributed by atoms with Gasteiger partial charge in [-0.15, -0.1) is 0 Å². The number of rotatable bonds is 4. The standard InChI is InChI=1S/C7H17NO/c1-4-7(2,9)5-6-8-3/h8-9H,4-6H2,1-3H3/i3D3. The summed E-state index contributed by atoms with van der Waals surface area (Å²) in [5.41, 5.74) is -0.752. The zero-order chi connectivity index (χ0) is 9.83. The van der Waals surface area contributed by atoms with E-state index in [1.807, 2.05) is 6.92 Å². The van der Waals surface area contributed by atoms with Crippen LogP contribution in [0.3, 0.4) is 0 Å². The molecule has 9 heavy (non-hydrogen) atoms. The summed E-state index contributed by atoms with van der Waals surface area (Å²) in [5.74, 6) is 0. The number of hydrogen-bond donors (Lipinski definition) is 2. The fourth-order valence-electron chi connectivity index (χ4n) is 0.509. The molecule has 2 N–H and O–H groups in total. The molecule has 2 heteroatoms. The van der Waals surface area contributed by atoms with Crippen molar-refractivity contribution in [2.24, 2.45) is 0 Å². The third kappa shape index (κ3) is 4.43. The Labute approximate surface area is 61.5 Å². The average Bonchev–Trinajstić information content (AvgIpc) is 1.84. The largest absolute Gasteiger partial charge is 0.390 e. The van der Waals surface area contributed by atoms with E-state index in [0.717, 1.165) is 0 Å². The molecule has 0 aliphatic carbocycles. The Kier molecular flexibility index (Phi) is 2.01. The molecular weight excluding hydrogens is 114 g/mol. The molecule has 0 aromatic heterocycles. The maximum absolute atomic E-state index is 9.50. The summed E-state index contributed by atoms with van der Waals surface area (Å²) in [6, 6.07) is 0. The quantitative estimate of drug-likeness (QED) is 0.595. The zero-order valence-corrected chi connectivity index (χ0v) is 6.07. The van der Waals surface area contributed by atoms with Gasteiger partial charge in [0.1, 0.15) is 0 Å². The number of aliphatic hydroxyl groups is 1. The van der Waals surface area contributed by atoms with E-state index in [1.54, 1.807) is 6.92 Å². The van der Waals surface area contributed by atoms with Gasteiger partial charge in [-0.3, -0.25) is 0 Å². The van der Waals surface area contributed by atoms with Crippen LogP contribution in [0.25, 0.3) is 0 Å². The lowest BCUT2D eigenvalue weighted by atomic mass is 10.00. The van der Waals surface area contributed by atoms with Crippen molar-refractivity contribution < 1.29 is 9.22 Å². The summed E-state index contributed by atoms with van der Waals surface area (Å²) in [4.78, 5) is 0. The number of hydrogen-bond acceptors (Lipinski definition) is 2. The highest BCUT2D eigenvalue weighted by molar-refractivity contribution is 4.70. The van der Waals surface area contributed by atoms with E-state index >= 15 is 0 Å². The molecule has 1 unspecified atom stereocenters. The van der Waals surface area contributed by atoms with Crippen molar-refractivity contribution in [1.29, 1.82) is 0 Å². The van der Waals surface area contributed by atoms with Crippen LogP contribution in [-0.4, -0.2) is 24.2 Å². The van der Waals surface area contributed by atoms with E-state index < -0.39 is 12.6 Å². The molecule has 0 radical (unpaired) electrons. The molecule has 0 rings (SSSR count). The van der Waals surface area contributed by atoms with Crippen molar-refractivity contribution >= 4 is 0 Å². The molecule has 2 nitrogen and oxygen atoms in total. The summed E-state index contributed by atoms with van der Waals surface area (Å²) < 4.78 is 20.5. The van der Waals surface area contributed by atoms with Crippen LogP contribution in [0.5, 0.6) is 0 Å². The Hall–Kier alpha value is -0.0800. The van der Waals surface area contributed by atoms with E-state index in [9.17, 15) is 5.11 Å². The fraction of sp³-hybridized carbons (Fsp3) is 1.00. The van der Waals surface area contributed by atoms with Crippen LogP contribution in [0, 0.1) is 0 Å². The van der Waals surface area contributed by atoms with E-state index in [1.165, 1.54) is 0 Å². The maximum atomic E-state index is 9.50. The summed E-state index contributed by atoms with van der Waals surface area (Å²) in [5, 5.41) is 11.8. The van der Waals surface area contributed by atoms with Crippen LogP contribution in [0.1, 0.15) is 30.8 Å². The van der Waals surface area contributed by atoms with Gasteiger partial charge in [-0.2, -0.15) is 0 Å². The molecular formula is C7H17NO. The van der Waals surface area contributed by atoms with Gasteiger partial charge in [0.05, 0.1) is 5.60 Å². The maximum Gasteiger partial charge on any atom is 0.0629 e. The molecule has 0 saturated carbocycles. The lowest BCUT2D eigenvalue weighted by Gasteiger charge is -2.20. The van der Waals surface area contributed by atoms with Crippen LogP contribution < -0.4 is 5.32 Å². The van der Waals surface area contributed by atoms with E-state index in [0.29, 0.717) is 19.4 Å². The third-order valence-corrected chi connectivity index (χ3v) is 1.55. The molecule has 0 saturated heterocycles. The molecule has 56 valence electrons. The molecule has 0 aromatic rings. The summed E-state index contributed by atoms with van der Waals surface area (Å²) >= 11 is 0. The van der Waals surface area contributed by atoms with Gasteiger partial charge in [0.2, 0.25) is 0 Å². The van der Waals surface area contributed by atoms with Crippen molar-refractivity contribution in [2.45, 2.75) is 32.3 Å². The molecule has 0 aliphatic rings. The van der Waals surface area contributed by atoms with Gasteiger partial charge < -0.3 is 10.4 Å². The van der Waals surface area contributed by atoms with Crippen LogP contribution in [0.4, 0.5) is 0 Å². The molecule has 1 atom stereocenters. The minimum absolute atomic E-state index is 0.317. The lowest BCUT2D eigenvalue weighted by molar-refractivity contribution is 0.0478. The van der Waals surface area contributed by atoms with Crippen molar-refractivity contribution in [2.75, 3.05) is 13.5 Å². The van der Waals surface area contributed by atoms with E-state index in [-0.39, 0.29) is 0 Å². The second-order valence-electron chi connectivity index (χ2n) is 2.53. The Morgan fingerprint density at radius 1 is 1.78 bits per heavy atom. The first kappa shape index (κ1) is 4.69. The van der Waals surface area contributed by atoms with Crippen molar-refractivity contribution in [3.63, 3.8) is 0 Å². The lowest BCUT2D eigenvalue weighted by Crippen LogP contribution is -2.27. The topological polar surface area (TPSA) is 32.3 Å². The molecule has 0 spiro atoms. The third-order valence-electron chi connectivity index (χ3n) is 1.55. The highest BCUT2D eigenvalue weighted by Crippen LogP contribution is 2.11. The van der Waals surface area contributed by atoms with Crippen LogP contribution >= 0.6 is 0 Å². The van der Waals surface area contributed by atoms with Gasteiger partial charge in [-0.05, 0) is 33.3 Å². The van der Waals surface area contributed by atoms with Gasteiger partial charge in [0.25, 0.3) is 0 Å². The average molecular weight is 134 g/mol. The van der Waals surface area contributed by atoms with Crippen LogP contribution in [0.2, 0.25) is 0 Å². The monoisotopic (exact) mass is 134 g/mol. The first-order valence-corrected chi connectivity index (χ1v) is 3.24. The second-order valence-corrected chi connectivity index (χ2v) is 2.53. The van der Waals surface area contributed by atoms with Gasteiger partial charge in [-0.1, -0.05) is 6.92 Å². The first-order chi connectivity index (χ1) is 5.27. The molecule has 0 fully saturated rings. The van der Waals surface area contributed by atoms with Crippen molar-refractivity contribution in [3.05, 3.63) is 0 Å². The SMILES string of the molecule is [2H]C([2H])([2H])NCCC(C)(O)CC. The summed E-state index contributed by atoms with van der Waals surface area (Å²) in [7, 11) is 0. The van der Waals surface area contributed by atoms with Gasteiger partial charge in [-0.25, -0.2) is 0 Å². The normalized spacial score (nSPS) is 23.7. The highest BCUT2D eigenvalue weighted by Gasteiger charge is 2.15. The first-order valence-electron chi connectivity index (χ1n) is 4.74. The smallest absolute Gasteiger partial charge is 0.0629 e. The van der Waals surface area contributed by atoms with Gasteiger partial charge in [0, 0.05) is 4.11 Å². The molecule has 0 amide bonds. The Morgan fingerprint density at radius 2 is 2.44 bits per heavy atom. The fourth-order valence-corrected chi connectivity index (χ4v) is 0.509.